The number of benzene rings is 2. The van der Waals surface area contributed by atoms with Gasteiger partial charge in [0.25, 0.3) is 0 Å². The van der Waals surface area contributed by atoms with Crippen LogP contribution in [0.1, 0.15) is 0 Å². The van der Waals surface area contributed by atoms with E-state index in [1.165, 1.54) is 10.6 Å². The molecule has 0 heterocycles. The third kappa shape index (κ3) is 3.28. The van der Waals surface area contributed by atoms with Crippen LogP contribution in [-0.2, 0) is 0 Å². The van der Waals surface area contributed by atoms with Crippen molar-refractivity contribution in [2.45, 2.75) is 0 Å². The summed E-state index contributed by atoms with van der Waals surface area (Å²) < 4.78 is 0. The zero-order chi connectivity index (χ0) is 10.5. The van der Waals surface area contributed by atoms with Crippen LogP contribution in [0.5, 0.6) is 0 Å². The van der Waals surface area contributed by atoms with Crippen LogP contribution in [0.4, 0.5) is 0 Å². The standard InChI is InChI=1S/C12H11ClP2/c13-15(12-9-5-2-6-10-12)14-11-7-3-1-4-8-11/h1-10,14H. The van der Waals surface area contributed by atoms with Crippen molar-refractivity contribution in [2.75, 3.05) is 0 Å². The van der Waals surface area contributed by atoms with E-state index in [0.29, 0.717) is 8.27 Å². The molecule has 2 atom stereocenters. The fourth-order valence-electron chi connectivity index (χ4n) is 1.25. The lowest BCUT2D eigenvalue weighted by atomic mass is 10.4. The van der Waals surface area contributed by atoms with Crippen LogP contribution in [0.3, 0.4) is 0 Å². The van der Waals surface area contributed by atoms with Crippen LogP contribution in [0, 0.1) is 0 Å². The zero-order valence-electron chi connectivity index (χ0n) is 8.10. The Hall–Kier alpha value is -0.410. The van der Waals surface area contributed by atoms with Crippen LogP contribution >= 0.6 is 26.5 Å². The molecule has 0 nitrogen and oxygen atoms in total. The van der Waals surface area contributed by atoms with Gasteiger partial charge in [0.1, 0.15) is 0 Å². The van der Waals surface area contributed by atoms with Gasteiger partial charge in [0.15, 0.2) is 0 Å². The van der Waals surface area contributed by atoms with Crippen LogP contribution in [0.25, 0.3) is 0 Å². The Morgan fingerprint density at radius 3 is 1.93 bits per heavy atom. The average Bonchev–Trinajstić information content (AvgIpc) is 2.31. The Kier molecular flexibility index (Phi) is 4.15. The Morgan fingerprint density at radius 1 is 0.800 bits per heavy atom. The fourth-order valence-corrected chi connectivity index (χ4v) is 5.56. The molecule has 0 saturated carbocycles. The molecule has 2 aromatic carbocycles. The minimum Gasteiger partial charge on any atom is -0.0860 e. The molecule has 0 N–H and O–H groups in total. The Balaban J connectivity index is 2.08. The first-order valence-electron chi connectivity index (χ1n) is 4.69. The van der Waals surface area contributed by atoms with Gasteiger partial charge in [0, 0.05) is 6.96 Å². The van der Waals surface area contributed by atoms with Gasteiger partial charge in [-0.2, -0.15) is 0 Å². The number of halogens is 1. The van der Waals surface area contributed by atoms with E-state index < -0.39 is 6.96 Å². The van der Waals surface area contributed by atoms with Gasteiger partial charge in [-0.05, 0) is 18.9 Å². The molecule has 0 aliphatic carbocycles. The monoisotopic (exact) mass is 252 g/mol. The Morgan fingerprint density at radius 2 is 1.33 bits per heavy atom. The van der Waals surface area contributed by atoms with Gasteiger partial charge in [-0.25, -0.2) is 0 Å². The molecule has 0 aliphatic heterocycles. The van der Waals surface area contributed by atoms with Crippen molar-refractivity contribution in [1.82, 2.24) is 0 Å². The first kappa shape index (κ1) is 11.1. The van der Waals surface area contributed by atoms with Gasteiger partial charge in [-0.15, -0.1) is 0 Å². The molecule has 2 rings (SSSR count). The molecule has 0 bridgehead atoms. The van der Waals surface area contributed by atoms with E-state index in [-0.39, 0.29) is 0 Å². The summed E-state index contributed by atoms with van der Waals surface area (Å²) in [7, 11) is 0.686. The molecule has 0 aliphatic rings. The minimum absolute atomic E-state index is 0.552. The highest BCUT2D eigenvalue weighted by Gasteiger charge is 2.07. The summed E-state index contributed by atoms with van der Waals surface area (Å²) in [5, 5.41) is 2.60. The van der Waals surface area contributed by atoms with Crippen molar-refractivity contribution in [3.63, 3.8) is 0 Å². The molecule has 76 valence electrons. The van der Waals surface area contributed by atoms with E-state index in [0.717, 1.165) is 0 Å². The Bertz CT molecular complexity index is 402. The van der Waals surface area contributed by atoms with Gasteiger partial charge in [-0.1, -0.05) is 71.9 Å². The van der Waals surface area contributed by atoms with E-state index in [4.69, 9.17) is 11.2 Å². The molecule has 0 saturated heterocycles. The van der Waals surface area contributed by atoms with Crippen molar-refractivity contribution < 1.29 is 0 Å². The van der Waals surface area contributed by atoms with Crippen LogP contribution in [0.15, 0.2) is 60.7 Å². The summed E-state index contributed by atoms with van der Waals surface area (Å²) in [5.41, 5.74) is 0. The van der Waals surface area contributed by atoms with E-state index in [2.05, 4.69) is 36.4 Å². The lowest BCUT2D eigenvalue weighted by Crippen LogP contribution is -1.96. The van der Waals surface area contributed by atoms with E-state index in [1.54, 1.807) is 0 Å². The normalized spacial score (nSPS) is 13.1. The highest BCUT2D eigenvalue weighted by atomic mass is 35.7. The van der Waals surface area contributed by atoms with E-state index in [1.807, 2.05) is 24.3 Å². The van der Waals surface area contributed by atoms with Crippen molar-refractivity contribution in [2.24, 2.45) is 0 Å². The molecule has 15 heavy (non-hydrogen) atoms. The first-order valence-corrected chi connectivity index (χ1v) is 8.78. The molecule has 0 amide bonds. The maximum atomic E-state index is 6.42. The summed E-state index contributed by atoms with van der Waals surface area (Å²) in [4.78, 5) is 0. The fraction of sp³-hybridized carbons (Fsp3) is 0. The molecule has 0 radical (unpaired) electrons. The van der Waals surface area contributed by atoms with Gasteiger partial charge in [0.2, 0.25) is 0 Å². The average molecular weight is 253 g/mol. The van der Waals surface area contributed by atoms with E-state index in [9.17, 15) is 0 Å². The van der Waals surface area contributed by atoms with Crippen molar-refractivity contribution >= 4 is 37.1 Å². The van der Waals surface area contributed by atoms with Gasteiger partial charge >= 0.3 is 0 Å². The second-order valence-electron chi connectivity index (χ2n) is 3.09. The summed E-state index contributed by atoms with van der Waals surface area (Å²) in [6.45, 7) is -0.552. The second-order valence-corrected chi connectivity index (χ2v) is 8.85. The smallest absolute Gasteiger partial charge is 0.0471 e. The zero-order valence-corrected chi connectivity index (χ0v) is 10.7. The lowest BCUT2D eigenvalue weighted by Gasteiger charge is -2.09. The predicted octanol–water partition coefficient (Wildman–Crippen LogP) is 3.87. The maximum absolute atomic E-state index is 6.42. The van der Waals surface area contributed by atoms with E-state index >= 15 is 0 Å². The summed E-state index contributed by atoms with van der Waals surface area (Å²) in [5.74, 6) is 0. The molecule has 2 unspecified atom stereocenters. The molecule has 0 aromatic heterocycles. The van der Waals surface area contributed by atoms with Crippen molar-refractivity contribution in [3.8, 4) is 0 Å². The van der Waals surface area contributed by atoms with Crippen LogP contribution < -0.4 is 10.6 Å². The molecule has 0 spiro atoms. The largest absolute Gasteiger partial charge is 0.0860 e. The number of rotatable bonds is 3. The number of hydrogen-bond acceptors (Lipinski definition) is 0. The SMILES string of the molecule is ClP(Pc1ccccc1)c1ccccc1. The topological polar surface area (TPSA) is 0 Å². The van der Waals surface area contributed by atoms with Gasteiger partial charge in [0.05, 0.1) is 0 Å². The minimum atomic E-state index is -0.552. The third-order valence-electron chi connectivity index (χ3n) is 1.98. The maximum Gasteiger partial charge on any atom is 0.0471 e. The van der Waals surface area contributed by atoms with Crippen LogP contribution in [0.2, 0.25) is 0 Å². The molecule has 3 heteroatoms. The van der Waals surface area contributed by atoms with Crippen molar-refractivity contribution in [1.29, 1.82) is 0 Å². The van der Waals surface area contributed by atoms with Crippen LogP contribution in [-0.4, -0.2) is 0 Å². The summed E-state index contributed by atoms with van der Waals surface area (Å²) in [6.07, 6.45) is 0. The first-order chi connectivity index (χ1) is 7.36. The highest BCUT2D eigenvalue weighted by molar-refractivity contribution is 8.38. The molecule has 2 aromatic rings. The second kappa shape index (κ2) is 5.61. The Labute approximate surface area is 97.9 Å². The highest BCUT2D eigenvalue weighted by Crippen LogP contribution is 2.57. The quantitative estimate of drug-likeness (QED) is 0.728. The third-order valence-corrected chi connectivity index (χ3v) is 7.01. The van der Waals surface area contributed by atoms with Gasteiger partial charge in [-0.3, -0.25) is 0 Å². The molecule has 0 fully saturated rings. The summed E-state index contributed by atoms with van der Waals surface area (Å²) >= 11 is 6.42. The molecular weight excluding hydrogens is 242 g/mol. The predicted molar refractivity (Wildman–Crippen MR) is 73.2 cm³/mol. The summed E-state index contributed by atoms with van der Waals surface area (Å²) in [6, 6.07) is 20.8. The lowest BCUT2D eigenvalue weighted by molar-refractivity contribution is 1.78. The number of hydrogen-bond donors (Lipinski definition) is 0. The van der Waals surface area contributed by atoms with Gasteiger partial charge < -0.3 is 0 Å². The van der Waals surface area contributed by atoms with Crippen molar-refractivity contribution in [3.05, 3.63) is 60.7 Å². The molecular formula is C12H11ClP2.